The molecular formula is C14H17Cl2NO2. The third-order valence-electron chi connectivity index (χ3n) is 3.68. The molecule has 5 heteroatoms. The number of hydrogen-bond donors (Lipinski definition) is 1. The van der Waals surface area contributed by atoms with Crippen LogP contribution >= 0.6 is 23.2 Å². The summed E-state index contributed by atoms with van der Waals surface area (Å²) in [5, 5.41) is 10.4. The van der Waals surface area contributed by atoms with Crippen molar-refractivity contribution >= 4 is 29.2 Å². The number of carboxylic acids is 1. The second-order valence-electron chi connectivity index (χ2n) is 5.43. The molecule has 1 saturated heterocycles. The van der Waals surface area contributed by atoms with E-state index >= 15 is 0 Å². The first-order chi connectivity index (χ1) is 8.90. The first-order valence-corrected chi connectivity index (χ1v) is 7.06. The van der Waals surface area contributed by atoms with Crippen molar-refractivity contribution < 1.29 is 9.90 Å². The Labute approximate surface area is 123 Å². The number of benzene rings is 1. The Hall–Kier alpha value is -0.770. The van der Waals surface area contributed by atoms with Gasteiger partial charge in [-0.2, -0.15) is 0 Å². The van der Waals surface area contributed by atoms with Gasteiger partial charge in [-0.1, -0.05) is 29.3 Å². The normalized spacial score (nSPS) is 24.4. The van der Waals surface area contributed by atoms with Gasteiger partial charge in [0.1, 0.15) is 0 Å². The molecule has 1 aromatic rings. The molecule has 0 radical (unpaired) electrons. The van der Waals surface area contributed by atoms with Crippen molar-refractivity contribution in [2.45, 2.75) is 26.3 Å². The Kier molecular flexibility index (Phi) is 4.39. The maximum Gasteiger partial charge on any atom is 0.310 e. The molecule has 0 amide bonds. The van der Waals surface area contributed by atoms with Crippen LogP contribution in [-0.4, -0.2) is 29.1 Å². The maximum atomic E-state index is 11.3. The van der Waals surface area contributed by atoms with Gasteiger partial charge in [0, 0.05) is 13.1 Å². The number of piperidine rings is 1. The van der Waals surface area contributed by atoms with Crippen molar-refractivity contribution in [2.24, 2.45) is 5.41 Å². The van der Waals surface area contributed by atoms with Gasteiger partial charge in [-0.05, 0) is 44.0 Å². The van der Waals surface area contributed by atoms with Crippen molar-refractivity contribution in [2.75, 3.05) is 13.1 Å². The molecule has 1 N–H and O–H groups in total. The van der Waals surface area contributed by atoms with E-state index in [1.807, 2.05) is 19.1 Å². The summed E-state index contributed by atoms with van der Waals surface area (Å²) in [6, 6.07) is 5.55. The third-order valence-corrected chi connectivity index (χ3v) is 4.42. The molecule has 1 fully saturated rings. The van der Waals surface area contributed by atoms with Gasteiger partial charge in [0.05, 0.1) is 15.5 Å². The molecule has 2 rings (SSSR count). The lowest BCUT2D eigenvalue weighted by Crippen LogP contribution is -2.45. The zero-order chi connectivity index (χ0) is 14.0. The van der Waals surface area contributed by atoms with Crippen molar-refractivity contribution in [1.29, 1.82) is 0 Å². The van der Waals surface area contributed by atoms with Gasteiger partial charge in [-0.3, -0.25) is 9.69 Å². The van der Waals surface area contributed by atoms with Crippen LogP contribution < -0.4 is 0 Å². The van der Waals surface area contributed by atoms with Crippen LogP contribution in [0.4, 0.5) is 0 Å². The largest absolute Gasteiger partial charge is 0.481 e. The van der Waals surface area contributed by atoms with Crippen molar-refractivity contribution in [3.63, 3.8) is 0 Å². The van der Waals surface area contributed by atoms with Crippen LogP contribution in [0.25, 0.3) is 0 Å². The van der Waals surface area contributed by atoms with Crippen molar-refractivity contribution in [3.05, 3.63) is 33.8 Å². The Balaban J connectivity index is 2.06. The van der Waals surface area contributed by atoms with Crippen LogP contribution in [0.2, 0.25) is 10.0 Å². The summed E-state index contributed by atoms with van der Waals surface area (Å²) in [6.07, 6.45) is 1.64. The highest BCUT2D eigenvalue weighted by atomic mass is 35.5. The summed E-state index contributed by atoms with van der Waals surface area (Å²) in [6.45, 7) is 4.02. The number of halogens is 2. The van der Waals surface area contributed by atoms with E-state index in [0.717, 1.165) is 24.9 Å². The number of carbonyl (C=O) groups is 1. The smallest absolute Gasteiger partial charge is 0.310 e. The van der Waals surface area contributed by atoms with E-state index in [1.165, 1.54) is 0 Å². The van der Waals surface area contributed by atoms with Gasteiger partial charge < -0.3 is 5.11 Å². The van der Waals surface area contributed by atoms with Crippen LogP contribution in [0.5, 0.6) is 0 Å². The van der Waals surface area contributed by atoms with E-state index in [2.05, 4.69) is 4.90 Å². The highest BCUT2D eigenvalue weighted by Crippen LogP contribution is 2.31. The van der Waals surface area contributed by atoms with Gasteiger partial charge in [0.15, 0.2) is 0 Å². The summed E-state index contributed by atoms with van der Waals surface area (Å²) in [4.78, 5) is 13.5. The molecule has 0 spiro atoms. The average molecular weight is 302 g/mol. The van der Waals surface area contributed by atoms with E-state index < -0.39 is 11.4 Å². The zero-order valence-electron chi connectivity index (χ0n) is 10.8. The molecule has 0 aromatic heterocycles. The van der Waals surface area contributed by atoms with Gasteiger partial charge in [-0.15, -0.1) is 0 Å². The molecule has 1 aliphatic rings. The SMILES string of the molecule is CC1(C(=O)O)CCCN(Cc2ccc(Cl)c(Cl)c2)C1. The summed E-state index contributed by atoms with van der Waals surface area (Å²) in [7, 11) is 0. The number of nitrogens with zero attached hydrogens (tertiary/aromatic N) is 1. The molecule has 1 unspecified atom stereocenters. The minimum atomic E-state index is -0.716. The van der Waals surface area contributed by atoms with Crippen molar-refractivity contribution in [3.8, 4) is 0 Å². The minimum Gasteiger partial charge on any atom is -0.481 e. The fourth-order valence-corrected chi connectivity index (χ4v) is 2.87. The lowest BCUT2D eigenvalue weighted by atomic mass is 9.82. The maximum absolute atomic E-state index is 11.3. The summed E-state index contributed by atoms with van der Waals surface area (Å²) in [5.74, 6) is -0.716. The summed E-state index contributed by atoms with van der Waals surface area (Å²) >= 11 is 11.9. The van der Waals surface area contributed by atoms with Gasteiger partial charge >= 0.3 is 5.97 Å². The lowest BCUT2D eigenvalue weighted by molar-refractivity contribution is -0.151. The van der Waals surface area contributed by atoms with Crippen LogP contribution in [-0.2, 0) is 11.3 Å². The fraction of sp³-hybridized carbons (Fsp3) is 0.500. The van der Waals surface area contributed by atoms with E-state index in [4.69, 9.17) is 23.2 Å². The van der Waals surface area contributed by atoms with E-state index in [1.54, 1.807) is 6.07 Å². The molecule has 0 bridgehead atoms. The lowest BCUT2D eigenvalue weighted by Gasteiger charge is -2.37. The quantitative estimate of drug-likeness (QED) is 0.926. The molecule has 104 valence electrons. The Morgan fingerprint density at radius 3 is 2.79 bits per heavy atom. The van der Waals surface area contributed by atoms with E-state index in [9.17, 15) is 9.90 Å². The molecule has 19 heavy (non-hydrogen) atoms. The third kappa shape index (κ3) is 3.41. The molecule has 1 aliphatic heterocycles. The van der Waals surface area contributed by atoms with Crippen LogP contribution in [0.1, 0.15) is 25.3 Å². The van der Waals surface area contributed by atoms with Crippen molar-refractivity contribution in [1.82, 2.24) is 4.90 Å². The first-order valence-electron chi connectivity index (χ1n) is 6.30. The molecule has 1 atom stereocenters. The summed E-state index contributed by atoms with van der Waals surface area (Å²) < 4.78 is 0. The number of carboxylic acid groups (broad SMARTS) is 1. The van der Waals surface area contributed by atoms with Crippen LogP contribution in [0, 0.1) is 5.41 Å². The predicted molar refractivity (Wildman–Crippen MR) is 76.7 cm³/mol. The Morgan fingerprint density at radius 2 is 2.16 bits per heavy atom. The first kappa shape index (κ1) is 14.6. The average Bonchev–Trinajstić information content (AvgIpc) is 2.34. The van der Waals surface area contributed by atoms with Crippen LogP contribution in [0.15, 0.2) is 18.2 Å². The number of hydrogen-bond acceptors (Lipinski definition) is 2. The summed E-state index contributed by atoms with van der Waals surface area (Å²) in [5.41, 5.74) is 0.415. The molecular weight excluding hydrogens is 285 g/mol. The van der Waals surface area contributed by atoms with Gasteiger partial charge in [0.2, 0.25) is 0 Å². The fourth-order valence-electron chi connectivity index (χ4n) is 2.55. The minimum absolute atomic E-state index is 0.539. The Bertz CT molecular complexity index is 492. The van der Waals surface area contributed by atoms with Crippen LogP contribution in [0.3, 0.4) is 0 Å². The monoisotopic (exact) mass is 301 g/mol. The highest BCUT2D eigenvalue weighted by molar-refractivity contribution is 6.42. The molecule has 0 saturated carbocycles. The topological polar surface area (TPSA) is 40.5 Å². The highest BCUT2D eigenvalue weighted by Gasteiger charge is 2.37. The van der Waals surface area contributed by atoms with E-state index in [0.29, 0.717) is 23.1 Å². The number of rotatable bonds is 3. The molecule has 1 aromatic carbocycles. The number of aliphatic carboxylic acids is 1. The second-order valence-corrected chi connectivity index (χ2v) is 6.24. The molecule has 0 aliphatic carbocycles. The predicted octanol–water partition coefficient (Wildman–Crippen LogP) is 3.68. The molecule has 3 nitrogen and oxygen atoms in total. The van der Waals surface area contributed by atoms with Gasteiger partial charge in [-0.25, -0.2) is 0 Å². The molecule has 1 heterocycles. The van der Waals surface area contributed by atoms with Gasteiger partial charge in [0.25, 0.3) is 0 Å². The zero-order valence-corrected chi connectivity index (χ0v) is 12.3. The second kappa shape index (κ2) is 5.70. The number of likely N-dealkylation sites (tertiary alicyclic amines) is 1. The standard InChI is InChI=1S/C14H17Cl2NO2/c1-14(13(18)19)5-2-6-17(9-14)8-10-3-4-11(15)12(16)7-10/h3-4,7H,2,5-6,8-9H2,1H3,(H,18,19). The Morgan fingerprint density at radius 1 is 1.42 bits per heavy atom. The van der Waals surface area contributed by atoms with E-state index in [-0.39, 0.29) is 0 Å².